The normalized spacial score (nSPS) is 20.3. The molecular weight excluding hydrogens is 314 g/mol. The average molecular weight is 339 g/mol. The lowest BCUT2D eigenvalue weighted by atomic mass is 9.85. The lowest BCUT2D eigenvalue weighted by molar-refractivity contribution is 0.0747. The molecule has 0 radical (unpaired) electrons. The number of hydrogen-bond donors (Lipinski definition) is 0. The maximum atomic E-state index is 12.7. The van der Waals surface area contributed by atoms with Crippen molar-refractivity contribution in [1.29, 1.82) is 0 Å². The number of rotatable bonds is 3. The highest BCUT2D eigenvalue weighted by atomic mass is 32.2. The van der Waals surface area contributed by atoms with Gasteiger partial charge in [-0.2, -0.15) is 0 Å². The van der Waals surface area contributed by atoms with Gasteiger partial charge in [0.1, 0.15) is 5.75 Å². The summed E-state index contributed by atoms with van der Waals surface area (Å²) >= 11 is 0. The van der Waals surface area contributed by atoms with Gasteiger partial charge >= 0.3 is 0 Å². The topological polar surface area (TPSA) is 63.7 Å². The van der Waals surface area contributed by atoms with Crippen molar-refractivity contribution in [3.63, 3.8) is 0 Å². The summed E-state index contributed by atoms with van der Waals surface area (Å²) in [5.74, 6) is 0.809. The molecule has 1 unspecified atom stereocenters. The number of hydrogen-bond acceptors (Lipinski definition) is 4. The van der Waals surface area contributed by atoms with Crippen LogP contribution in [-0.2, 0) is 15.3 Å². The summed E-state index contributed by atoms with van der Waals surface area (Å²) in [4.78, 5) is 14.3. The Morgan fingerprint density at radius 1 is 1.30 bits per heavy atom. The van der Waals surface area contributed by atoms with Gasteiger partial charge in [0, 0.05) is 24.2 Å². The number of amides is 1. The van der Waals surface area contributed by atoms with Crippen LogP contribution < -0.4 is 4.74 Å². The van der Waals surface area contributed by atoms with Crippen molar-refractivity contribution in [3.05, 3.63) is 29.3 Å². The van der Waals surface area contributed by atoms with Crippen LogP contribution in [0.25, 0.3) is 0 Å². The zero-order valence-corrected chi connectivity index (χ0v) is 15.2. The van der Waals surface area contributed by atoms with E-state index >= 15 is 0 Å². The number of methoxy groups -OCH3 is 1. The van der Waals surface area contributed by atoms with Gasteiger partial charge < -0.3 is 9.64 Å². The van der Waals surface area contributed by atoms with Gasteiger partial charge in [-0.1, -0.05) is 20.8 Å². The van der Waals surface area contributed by atoms with Gasteiger partial charge in [0.15, 0.2) is 9.84 Å². The van der Waals surface area contributed by atoms with E-state index in [1.54, 1.807) is 31.2 Å². The zero-order chi connectivity index (χ0) is 17.4. The Bertz CT molecular complexity index is 704. The maximum Gasteiger partial charge on any atom is 0.253 e. The molecule has 128 valence electrons. The summed E-state index contributed by atoms with van der Waals surface area (Å²) in [6, 6.07) is 5.14. The number of benzene rings is 1. The van der Waals surface area contributed by atoms with E-state index in [2.05, 4.69) is 20.8 Å². The minimum atomic E-state index is -3.01. The van der Waals surface area contributed by atoms with E-state index in [-0.39, 0.29) is 28.9 Å². The van der Waals surface area contributed by atoms with Crippen molar-refractivity contribution in [2.75, 3.05) is 25.7 Å². The predicted octanol–water partition coefficient (Wildman–Crippen LogP) is 2.25. The van der Waals surface area contributed by atoms with Crippen molar-refractivity contribution in [3.8, 4) is 5.75 Å². The summed E-state index contributed by atoms with van der Waals surface area (Å²) in [6.45, 7) is 6.19. The summed E-state index contributed by atoms with van der Waals surface area (Å²) < 4.78 is 28.6. The maximum absolute atomic E-state index is 12.7. The largest absolute Gasteiger partial charge is 0.496 e. The molecule has 6 heteroatoms. The fourth-order valence-electron chi connectivity index (χ4n) is 2.88. The molecule has 1 heterocycles. The minimum Gasteiger partial charge on any atom is -0.496 e. The second-order valence-corrected chi connectivity index (χ2v) is 9.37. The van der Waals surface area contributed by atoms with Crippen LogP contribution >= 0.6 is 0 Å². The zero-order valence-electron chi connectivity index (χ0n) is 14.4. The van der Waals surface area contributed by atoms with Gasteiger partial charge in [-0.15, -0.1) is 0 Å². The molecule has 0 aliphatic carbocycles. The van der Waals surface area contributed by atoms with Crippen LogP contribution in [0.3, 0.4) is 0 Å². The molecule has 5 nitrogen and oxygen atoms in total. The number of sulfone groups is 1. The van der Waals surface area contributed by atoms with Crippen LogP contribution in [0.5, 0.6) is 5.75 Å². The Hall–Kier alpha value is -1.56. The minimum absolute atomic E-state index is 0.0531. The molecule has 1 aliphatic heterocycles. The van der Waals surface area contributed by atoms with Crippen LogP contribution in [0.1, 0.15) is 43.1 Å². The van der Waals surface area contributed by atoms with E-state index in [1.165, 1.54) is 0 Å². The van der Waals surface area contributed by atoms with E-state index in [1.807, 2.05) is 6.07 Å². The lowest BCUT2D eigenvalue weighted by Gasteiger charge is -2.26. The Morgan fingerprint density at radius 3 is 2.43 bits per heavy atom. The molecule has 0 bridgehead atoms. The Morgan fingerprint density at radius 2 is 1.96 bits per heavy atom. The monoisotopic (exact) mass is 339 g/mol. The molecular formula is C17H25NO4S. The van der Waals surface area contributed by atoms with Crippen molar-refractivity contribution < 1.29 is 17.9 Å². The second kappa shape index (κ2) is 6.15. The van der Waals surface area contributed by atoms with Crippen molar-refractivity contribution >= 4 is 15.7 Å². The van der Waals surface area contributed by atoms with Crippen LogP contribution in [0.4, 0.5) is 0 Å². The Balaban J connectivity index is 2.29. The number of carbonyl (C=O) groups is 1. The van der Waals surface area contributed by atoms with Gasteiger partial charge in [0.2, 0.25) is 0 Å². The van der Waals surface area contributed by atoms with Crippen molar-refractivity contribution in [2.24, 2.45) is 0 Å². The SMILES string of the molecule is COc1ccc(C(=O)N(C)C2CCS(=O)(=O)C2)cc1C(C)(C)C. The predicted molar refractivity (Wildman–Crippen MR) is 90.8 cm³/mol. The van der Waals surface area contributed by atoms with Crippen molar-refractivity contribution in [2.45, 2.75) is 38.6 Å². The summed E-state index contributed by atoms with van der Waals surface area (Å²) in [5, 5.41) is 0. The Labute approximate surface area is 138 Å². The molecule has 1 atom stereocenters. The molecule has 0 N–H and O–H groups in total. The molecule has 1 amide bonds. The summed E-state index contributed by atoms with van der Waals surface area (Å²) in [5.41, 5.74) is 1.36. The Kier molecular flexibility index (Phi) is 4.76. The van der Waals surface area contributed by atoms with Crippen LogP contribution in [0.15, 0.2) is 18.2 Å². The summed E-state index contributed by atoms with van der Waals surface area (Å²) in [6.07, 6.45) is 0.507. The molecule has 1 aromatic rings. The quantitative estimate of drug-likeness (QED) is 0.847. The molecule has 0 aromatic heterocycles. The van der Waals surface area contributed by atoms with Crippen LogP contribution in [0, 0.1) is 0 Å². The fraction of sp³-hybridized carbons (Fsp3) is 0.588. The molecule has 1 fully saturated rings. The molecule has 1 saturated heterocycles. The summed E-state index contributed by atoms with van der Waals surface area (Å²) in [7, 11) is 0.276. The number of nitrogens with zero attached hydrogens (tertiary/aromatic N) is 1. The van der Waals surface area contributed by atoms with Gasteiger partial charge in [0.05, 0.1) is 18.6 Å². The van der Waals surface area contributed by atoms with Gasteiger partial charge in [0.25, 0.3) is 5.91 Å². The molecule has 1 aliphatic rings. The first-order valence-corrected chi connectivity index (χ1v) is 9.53. The average Bonchev–Trinajstić information content (AvgIpc) is 2.84. The van der Waals surface area contributed by atoms with Gasteiger partial charge in [-0.25, -0.2) is 8.42 Å². The first-order chi connectivity index (χ1) is 10.5. The van der Waals surface area contributed by atoms with Gasteiger partial charge in [-0.3, -0.25) is 4.79 Å². The highest BCUT2D eigenvalue weighted by molar-refractivity contribution is 7.91. The smallest absolute Gasteiger partial charge is 0.253 e. The molecule has 1 aromatic carbocycles. The molecule has 0 spiro atoms. The van der Waals surface area contributed by atoms with E-state index < -0.39 is 9.84 Å². The third-order valence-electron chi connectivity index (χ3n) is 4.33. The fourth-order valence-corrected chi connectivity index (χ4v) is 4.65. The number of ether oxygens (including phenoxy) is 1. The first kappa shape index (κ1) is 17.8. The lowest BCUT2D eigenvalue weighted by Crippen LogP contribution is -2.38. The third kappa shape index (κ3) is 3.86. The highest BCUT2D eigenvalue weighted by Gasteiger charge is 2.33. The molecule has 0 saturated carbocycles. The van der Waals surface area contributed by atoms with E-state index in [0.29, 0.717) is 12.0 Å². The third-order valence-corrected chi connectivity index (χ3v) is 6.08. The highest BCUT2D eigenvalue weighted by Crippen LogP contribution is 2.32. The second-order valence-electron chi connectivity index (χ2n) is 7.14. The van der Waals surface area contributed by atoms with Crippen LogP contribution in [-0.4, -0.2) is 50.9 Å². The van der Waals surface area contributed by atoms with Crippen molar-refractivity contribution in [1.82, 2.24) is 4.90 Å². The van der Waals surface area contributed by atoms with Crippen LogP contribution in [0.2, 0.25) is 0 Å². The van der Waals surface area contributed by atoms with E-state index in [4.69, 9.17) is 4.74 Å². The molecule has 23 heavy (non-hydrogen) atoms. The number of carbonyl (C=O) groups excluding carboxylic acids is 1. The van der Waals surface area contributed by atoms with Gasteiger partial charge in [-0.05, 0) is 30.0 Å². The first-order valence-electron chi connectivity index (χ1n) is 7.71. The van der Waals surface area contributed by atoms with E-state index in [9.17, 15) is 13.2 Å². The standard InChI is InChI=1S/C17H25NO4S/c1-17(2,3)14-10-12(6-7-15(14)22-5)16(19)18(4)13-8-9-23(20,21)11-13/h6-7,10,13H,8-9,11H2,1-5H3. The van der Waals surface area contributed by atoms with E-state index in [0.717, 1.165) is 11.3 Å². The molecule has 2 rings (SSSR count).